The highest BCUT2D eigenvalue weighted by atomic mass is 16.3. The summed E-state index contributed by atoms with van der Waals surface area (Å²) in [6.07, 6.45) is 4.07. The molecule has 0 spiro atoms. The summed E-state index contributed by atoms with van der Waals surface area (Å²) < 4.78 is 1.97. The SMILES string of the molecule is OC1(Cc2ccccc2)c2ccccc2-n2cncc21. The normalized spacial score (nSPS) is 19.6. The van der Waals surface area contributed by atoms with Gasteiger partial charge in [-0.15, -0.1) is 0 Å². The minimum atomic E-state index is -1.01. The van der Waals surface area contributed by atoms with E-state index in [2.05, 4.69) is 4.98 Å². The third-order valence-electron chi connectivity index (χ3n) is 3.97. The molecule has 1 unspecified atom stereocenters. The molecule has 3 nitrogen and oxygen atoms in total. The van der Waals surface area contributed by atoms with Crippen LogP contribution in [0.25, 0.3) is 5.69 Å². The summed E-state index contributed by atoms with van der Waals surface area (Å²) in [5.41, 5.74) is 2.90. The lowest BCUT2D eigenvalue weighted by Crippen LogP contribution is -2.27. The molecule has 3 aromatic rings. The fourth-order valence-corrected chi connectivity index (χ4v) is 3.04. The van der Waals surface area contributed by atoms with Crippen molar-refractivity contribution in [2.24, 2.45) is 0 Å². The van der Waals surface area contributed by atoms with Crippen molar-refractivity contribution in [1.82, 2.24) is 9.55 Å². The number of rotatable bonds is 2. The maximum Gasteiger partial charge on any atom is 0.137 e. The van der Waals surface area contributed by atoms with Crippen LogP contribution in [0.2, 0.25) is 0 Å². The topological polar surface area (TPSA) is 38.0 Å². The molecular formula is C17H14N2O. The van der Waals surface area contributed by atoms with Crippen LogP contribution in [0.5, 0.6) is 0 Å². The lowest BCUT2D eigenvalue weighted by molar-refractivity contribution is 0.0825. The first-order valence-electron chi connectivity index (χ1n) is 6.68. The van der Waals surface area contributed by atoms with E-state index in [4.69, 9.17) is 0 Å². The average molecular weight is 262 g/mol. The monoisotopic (exact) mass is 262 g/mol. The summed E-state index contributed by atoms with van der Waals surface area (Å²) in [5.74, 6) is 0. The third kappa shape index (κ3) is 1.47. The van der Waals surface area contributed by atoms with Crippen LogP contribution in [0.1, 0.15) is 16.8 Å². The van der Waals surface area contributed by atoms with Gasteiger partial charge in [-0.3, -0.25) is 4.57 Å². The Morgan fingerprint density at radius 3 is 2.60 bits per heavy atom. The van der Waals surface area contributed by atoms with Crippen molar-refractivity contribution in [1.29, 1.82) is 0 Å². The summed E-state index contributed by atoms with van der Waals surface area (Å²) in [7, 11) is 0. The number of nitrogens with zero attached hydrogens (tertiary/aromatic N) is 2. The molecule has 2 aromatic carbocycles. The molecule has 2 heterocycles. The maximum absolute atomic E-state index is 11.3. The van der Waals surface area contributed by atoms with Gasteiger partial charge in [0.25, 0.3) is 0 Å². The first kappa shape index (κ1) is 11.4. The van der Waals surface area contributed by atoms with Gasteiger partial charge in [-0.1, -0.05) is 48.5 Å². The number of aliphatic hydroxyl groups is 1. The van der Waals surface area contributed by atoms with Crippen LogP contribution >= 0.6 is 0 Å². The van der Waals surface area contributed by atoms with Gasteiger partial charge in [0, 0.05) is 12.0 Å². The molecule has 4 rings (SSSR count). The first-order valence-corrected chi connectivity index (χ1v) is 6.68. The molecule has 3 heteroatoms. The van der Waals surface area contributed by atoms with Crippen molar-refractivity contribution in [3.63, 3.8) is 0 Å². The van der Waals surface area contributed by atoms with Crippen LogP contribution in [0.3, 0.4) is 0 Å². The van der Waals surface area contributed by atoms with Crippen LogP contribution in [0.4, 0.5) is 0 Å². The number of benzene rings is 2. The Morgan fingerprint density at radius 2 is 1.75 bits per heavy atom. The molecule has 98 valence electrons. The van der Waals surface area contributed by atoms with Gasteiger partial charge in [0.2, 0.25) is 0 Å². The Labute approximate surface area is 117 Å². The molecule has 1 aromatic heterocycles. The van der Waals surface area contributed by atoms with Crippen molar-refractivity contribution >= 4 is 0 Å². The number of hydrogen-bond donors (Lipinski definition) is 1. The second-order valence-corrected chi connectivity index (χ2v) is 5.19. The highest BCUT2D eigenvalue weighted by Gasteiger charge is 2.42. The van der Waals surface area contributed by atoms with Gasteiger partial charge < -0.3 is 5.11 Å². The quantitative estimate of drug-likeness (QED) is 0.771. The fourth-order valence-electron chi connectivity index (χ4n) is 3.04. The Balaban J connectivity index is 1.89. The zero-order valence-corrected chi connectivity index (χ0v) is 10.9. The maximum atomic E-state index is 11.3. The molecule has 0 saturated carbocycles. The van der Waals surface area contributed by atoms with Gasteiger partial charge in [-0.2, -0.15) is 0 Å². The molecule has 1 aliphatic rings. The van der Waals surface area contributed by atoms with Gasteiger partial charge in [-0.25, -0.2) is 4.98 Å². The summed E-state index contributed by atoms with van der Waals surface area (Å²) in [6.45, 7) is 0. The molecule has 1 aliphatic heterocycles. The van der Waals surface area contributed by atoms with E-state index < -0.39 is 5.60 Å². The minimum absolute atomic E-state index is 0.552. The van der Waals surface area contributed by atoms with Gasteiger partial charge in [0.15, 0.2) is 0 Å². The van der Waals surface area contributed by atoms with Gasteiger partial charge in [0.05, 0.1) is 23.9 Å². The highest BCUT2D eigenvalue weighted by molar-refractivity contribution is 5.56. The number of para-hydroxylation sites is 1. The second-order valence-electron chi connectivity index (χ2n) is 5.19. The summed E-state index contributed by atoms with van der Waals surface area (Å²) in [4.78, 5) is 4.18. The third-order valence-corrected chi connectivity index (χ3v) is 3.97. The number of fused-ring (bicyclic) bond motifs is 3. The Hall–Kier alpha value is -2.39. The molecule has 1 atom stereocenters. The Kier molecular flexibility index (Phi) is 2.32. The zero-order valence-electron chi connectivity index (χ0n) is 10.9. The first-order chi connectivity index (χ1) is 9.79. The molecule has 1 N–H and O–H groups in total. The Morgan fingerprint density at radius 1 is 1.00 bits per heavy atom. The van der Waals surface area contributed by atoms with Crippen LogP contribution in [-0.2, 0) is 12.0 Å². The minimum Gasteiger partial charge on any atom is -0.378 e. The van der Waals surface area contributed by atoms with E-state index >= 15 is 0 Å². The summed E-state index contributed by atoms with van der Waals surface area (Å²) >= 11 is 0. The molecule has 0 saturated heterocycles. The predicted molar refractivity (Wildman–Crippen MR) is 76.7 cm³/mol. The fraction of sp³-hybridized carbons (Fsp3) is 0.118. The lowest BCUT2D eigenvalue weighted by Gasteiger charge is -2.23. The van der Waals surface area contributed by atoms with Crippen LogP contribution < -0.4 is 0 Å². The van der Waals surface area contributed by atoms with E-state index in [1.54, 1.807) is 12.5 Å². The number of aromatic nitrogens is 2. The van der Waals surface area contributed by atoms with Crippen LogP contribution in [0, 0.1) is 0 Å². The highest BCUT2D eigenvalue weighted by Crippen LogP contribution is 2.42. The van der Waals surface area contributed by atoms with Crippen molar-refractivity contribution < 1.29 is 5.11 Å². The molecule has 0 radical (unpaired) electrons. The van der Waals surface area contributed by atoms with Gasteiger partial charge in [0.1, 0.15) is 5.60 Å². The van der Waals surface area contributed by atoms with E-state index in [1.165, 1.54) is 0 Å². The molecule has 0 fully saturated rings. The van der Waals surface area contributed by atoms with Crippen LogP contribution in [0.15, 0.2) is 67.1 Å². The number of hydrogen-bond acceptors (Lipinski definition) is 2. The second kappa shape index (κ2) is 4.05. The molecule has 0 aliphatic carbocycles. The summed E-state index contributed by atoms with van der Waals surface area (Å²) in [6, 6.07) is 18.0. The van der Waals surface area contributed by atoms with Crippen molar-refractivity contribution in [3.05, 3.63) is 83.9 Å². The molecule has 0 bridgehead atoms. The van der Waals surface area contributed by atoms with E-state index in [-0.39, 0.29) is 0 Å². The van der Waals surface area contributed by atoms with Crippen molar-refractivity contribution in [2.75, 3.05) is 0 Å². The van der Waals surface area contributed by atoms with E-state index in [1.807, 2.05) is 59.2 Å². The smallest absolute Gasteiger partial charge is 0.137 e. The lowest BCUT2D eigenvalue weighted by atomic mass is 9.86. The van der Waals surface area contributed by atoms with Crippen molar-refractivity contribution in [2.45, 2.75) is 12.0 Å². The standard InChI is InChI=1S/C17H14N2O/c20-17(10-13-6-2-1-3-7-13)14-8-4-5-9-15(14)19-12-18-11-16(17)19/h1-9,11-12,20H,10H2. The molecular weight excluding hydrogens is 248 g/mol. The van der Waals surface area contributed by atoms with E-state index in [0.29, 0.717) is 6.42 Å². The van der Waals surface area contributed by atoms with E-state index in [0.717, 1.165) is 22.5 Å². The van der Waals surface area contributed by atoms with Gasteiger partial charge in [-0.05, 0) is 11.6 Å². The van der Waals surface area contributed by atoms with E-state index in [9.17, 15) is 5.11 Å². The Bertz CT molecular complexity index is 763. The average Bonchev–Trinajstić information content (AvgIpc) is 3.05. The summed E-state index contributed by atoms with van der Waals surface area (Å²) in [5, 5.41) is 11.3. The molecule has 0 amide bonds. The largest absolute Gasteiger partial charge is 0.378 e. The van der Waals surface area contributed by atoms with Gasteiger partial charge >= 0.3 is 0 Å². The predicted octanol–water partition coefficient (Wildman–Crippen LogP) is 2.66. The number of imidazole rings is 1. The molecule has 20 heavy (non-hydrogen) atoms. The van der Waals surface area contributed by atoms with Crippen LogP contribution in [-0.4, -0.2) is 14.7 Å². The van der Waals surface area contributed by atoms with Crippen molar-refractivity contribution in [3.8, 4) is 5.69 Å². The zero-order chi connectivity index (χ0) is 13.6.